The van der Waals surface area contributed by atoms with Gasteiger partial charge in [-0.05, 0) is 115 Å². The summed E-state index contributed by atoms with van der Waals surface area (Å²) in [6.45, 7) is 0. The van der Waals surface area contributed by atoms with Crippen LogP contribution in [0.1, 0.15) is 97.8 Å². The second-order valence-electron chi connectivity index (χ2n) is 14.7. The predicted molar refractivity (Wildman–Crippen MR) is 187 cm³/mol. The average Bonchev–Trinajstić information content (AvgIpc) is 3.55. The molecular weight excluding hydrogens is 634 g/mol. The topological polar surface area (TPSA) is 103 Å². The summed E-state index contributed by atoms with van der Waals surface area (Å²) in [5, 5.41) is 9.47. The first-order valence-electron chi connectivity index (χ1n) is 17.7. The maximum atomic E-state index is 13.6. The molecule has 0 spiro atoms. The second kappa shape index (κ2) is 16.4. The first-order chi connectivity index (χ1) is 22.6. The van der Waals surface area contributed by atoms with Crippen LogP contribution in [0.2, 0.25) is 0 Å². The van der Waals surface area contributed by atoms with E-state index in [-0.39, 0.29) is 47.4 Å². The molecule has 6 unspecified atom stereocenters. The third kappa shape index (κ3) is 8.74. The zero-order chi connectivity index (χ0) is 33.1. The van der Waals surface area contributed by atoms with Gasteiger partial charge in [0.05, 0.1) is 11.1 Å². The number of nitrogens with one attached hydrogen (secondary N) is 3. The normalized spacial score (nSPS) is 33.3. The summed E-state index contributed by atoms with van der Waals surface area (Å²) in [5.41, 5.74) is 6.18. The van der Waals surface area contributed by atoms with Gasteiger partial charge in [-0.3, -0.25) is 9.59 Å². The van der Waals surface area contributed by atoms with Crippen molar-refractivity contribution in [3.05, 3.63) is 71.3 Å². The summed E-state index contributed by atoms with van der Waals surface area (Å²) >= 11 is 0. The Morgan fingerprint density at radius 1 is 0.646 bits per heavy atom. The summed E-state index contributed by atoms with van der Waals surface area (Å²) in [6, 6.07) is 17.0. The molecule has 0 aromatic heterocycles. The number of carbonyl (C=O) groups excluding carboxylic acids is 2. The Morgan fingerprint density at radius 2 is 1.02 bits per heavy atom. The number of nitrogens with two attached hydrogens (primary N) is 1. The molecule has 6 saturated heterocycles. The molecule has 6 atom stereocenters. The van der Waals surface area contributed by atoms with Crippen LogP contribution in [0.15, 0.2) is 48.5 Å². The van der Waals surface area contributed by atoms with Crippen molar-refractivity contribution in [2.24, 2.45) is 5.73 Å². The van der Waals surface area contributed by atoms with Crippen molar-refractivity contribution in [1.82, 2.24) is 25.8 Å². The number of carbonyl (C=O) groups is 2. The number of nitrogens with zero attached hydrogens (tertiary/aromatic N) is 2. The number of hydrogen-bond donors (Lipinski definition) is 4. The minimum atomic E-state index is -0.452. The molecule has 6 bridgehead atoms. The van der Waals surface area contributed by atoms with Crippen LogP contribution < -0.4 is 21.7 Å². The van der Waals surface area contributed by atoms with Crippen LogP contribution in [0.3, 0.4) is 0 Å². The van der Waals surface area contributed by atoms with Crippen molar-refractivity contribution in [2.75, 3.05) is 14.1 Å². The molecule has 48 heavy (non-hydrogen) atoms. The Bertz CT molecular complexity index is 1360. The lowest BCUT2D eigenvalue weighted by molar-refractivity contribution is 0.0876. The standard InChI is InChI=1S/C15H19FN2O.C14H17FN2O.C8H16N2.ClH/c1-18-11-6-7-12(18)9-10(8-11)17-15(19)13-4-2-3-5-14(13)16;15-13-4-2-1-3-12(13)14(18)17-11-7-9-5-6-10(8-11)16-9;1-10-7-2-3-8(10)5-6(9)4-7;/h2-5,10-12H,6-9H2,1H3,(H,17,19);1-4,9-11,16H,5-8H2,(H,17,18);6-8H,2-5,9H2,1H3;1H. The van der Waals surface area contributed by atoms with Crippen molar-refractivity contribution < 1.29 is 18.4 Å². The molecule has 6 fully saturated rings. The van der Waals surface area contributed by atoms with Crippen LogP contribution in [0.25, 0.3) is 0 Å². The molecule has 11 heteroatoms. The third-order valence-corrected chi connectivity index (χ3v) is 11.6. The summed E-state index contributed by atoms with van der Waals surface area (Å²) in [6.07, 6.45) is 13.9. The highest BCUT2D eigenvalue weighted by Crippen LogP contribution is 2.35. The van der Waals surface area contributed by atoms with Crippen molar-refractivity contribution >= 4 is 24.2 Å². The zero-order valence-corrected chi connectivity index (χ0v) is 29.1. The Balaban J connectivity index is 0.000000146. The minimum absolute atomic E-state index is 0. The Labute approximate surface area is 290 Å². The summed E-state index contributed by atoms with van der Waals surface area (Å²) < 4.78 is 27.0. The number of rotatable bonds is 4. The molecule has 6 aliphatic rings. The van der Waals surface area contributed by atoms with Gasteiger partial charge in [0.2, 0.25) is 0 Å². The summed E-state index contributed by atoms with van der Waals surface area (Å²) in [4.78, 5) is 29.0. The van der Waals surface area contributed by atoms with Crippen LogP contribution in [0.4, 0.5) is 8.78 Å². The Morgan fingerprint density at radius 3 is 1.44 bits per heavy atom. The molecule has 0 radical (unpaired) electrons. The van der Waals surface area contributed by atoms with Crippen LogP contribution in [0, 0.1) is 11.6 Å². The van der Waals surface area contributed by atoms with Gasteiger partial charge in [-0.15, -0.1) is 12.4 Å². The number of halogens is 3. The molecule has 6 heterocycles. The Hall–Kier alpha value is -2.63. The summed E-state index contributed by atoms with van der Waals surface area (Å²) in [5.74, 6) is -1.48. The van der Waals surface area contributed by atoms with Gasteiger partial charge in [0, 0.05) is 54.4 Å². The lowest BCUT2D eigenvalue weighted by Crippen LogP contribution is -2.48. The van der Waals surface area contributed by atoms with Crippen molar-refractivity contribution in [3.63, 3.8) is 0 Å². The fraction of sp³-hybridized carbons (Fsp3) is 0.622. The van der Waals surface area contributed by atoms with Gasteiger partial charge in [0.25, 0.3) is 11.8 Å². The van der Waals surface area contributed by atoms with Gasteiger partial charge in [-0.2, -0.15) is 0 Å². The molecule has 2 aromatic carbocycles. The van der Waals surface area contributed by atoms with Gasteiger partial charge in [0.15, 0.2) is 0 Å². The quantitative estimate of drug-likeness (QED) is 0.361. The maximum absolute atomic E-state index is 13.6. The lowest BCUT2D eigenvalue weighted by atomic mass is 9.97. The van der Waals surface area contributed by atoms with E-state index in [0.29, 0.717) is 30.2 Å². The van der Waals surface area contributed by atoms with E-state index in [2.05, 4.69) is 39.8 Å². The molecule has 2 amide bonds. The predicted octanol–water partition coefficient (Wildman–Crippen LogP) is 5.01. The van der Waals surface area contributed by atoms with E-state index >= 15 is 0 Å². The molecule has 8 nitrogen and oxygen atoms in total. The van der Waals surface area contributed by atoms with E-state index in [1.807, 2.05) is 0 Å². The van der Waals surface area contributed by atoms with E-state index in [1.54, 1.807) is 24.3 Å². The van der Waals surface area contributed by atoms with Crippen molar-refractivity contribution in [1.29, 1.82) is 0 Å². The molecule has 6 aliphatic heterocycles. The molecule has 2 aromatic rings. The minimum Gasteiger partial charge on any atom is -0.349 e. The van der Waals surface area contributed by atoms with Gasteiger partial charge in [-0.1, -0.05) is 24.3 Å². The van der Waals surface area contributed by atoms with E-state index in [4.69, 9.17) is 5.73 Å². The summed E-state index contributed by atoms with van der Waals surface area (Å²) in [7, 11) is 4.41. The largest absolute Gasteiger partial charge is 0.349 e. The highest BCUT2D eigenvalue weighted by atomic mass is 35.5. The van der Waals surface area contributed by atoms with Gasteiger partial charge in [0.1, 0.15) is 11.6 Å². The fourth-order valence-electron chi connectivity index (χ4n) is 8.98. The molecule has 8 rings (SSSR count). The Kier molecular flexibility index (Phi) is 12.5. The number of amides is 2. The second-order valence-corrected chi connectivity index (χ2v) is 14.7. The maximum Gasteiger partial charge on any atom is 0.254 e. The van der Waals surface area contributed by atoms with Crippen molar-refractivity contribution in [3.8, 4) is 0 Å². The third-order valence-electron chi connectivity index (χ3n) is 11.6. The molecule has 0 saturated carbocycles. The van der Waals surface area contributed by atoms with Crippen LogP contribution in [-0.4, -0.2) is 90.1 Å². The number of hydrogen-bond acceptors (Lipinski definition) is 6. The van der Waals surface area contributed by atoms with E-state index < -0.39 is 11.6 Å². The van der Waals surface area contributed by atoms with Gasteiger partial charge in [-0.25, -0.2) is 8.78 Å². The van der Waals surface area contributed by atoms with Crippen molar-refractivity contribution in [2.45, 2.75) is 131 Å². The van der Waals surface area contributed by atoms with E-state index in [0.717, 1.165) is 37.8 Å². The molecule has 0 aliphatic carbocycles. The van der Waals surface area contributed by atoms with Crippen LogP contribution in [-0.2, 0) is 0 Å². The molecular formula is C37H53ClF2N6O2. The molecule has 5 N–H and O–H groups in total. The van der Waals surface area contributed by atoms with Gasteiger partial charge < -0.3 is 31.5 Å². The van der Waals surface area contributed by atoms with E-state index in [9.17, 15) is 18.4 Å². The number of piperidine rings is 3. The van der Waals surface area contributed by atoms with Crippen LogP contribution >= 0.6 is 12.4 Å². The first kappa shape index (κ1) is 36.6. The van der Waals surface area contributed by atoms with Crippen LogP contribution in [0.5, 0.6) is 0 Å². The number of fused-ring (bicyclic) bond motifs is 6. The first-order valence-corrected chi connectivity index (χ1v) is 17.7. The molecule has 264 valence electrons. The highest BCUT2D eigenvalue weighted by molar-refractivity contribution is 5.95. The highest BCUT2D eigenvalue weighted by Gasteiger charge is 2.39. The smallest absolute Gasteiger partial charge is 0.254 e. The monoisotopic (exact) mass is 686 g/mol. The SMILES string of the molecule is CN1C2CCC1CC(N)C2.CN1C2CCC1CC(NC(=O)c1ccccc1F)C2.Cl.O=C(NC1CC2CCC(C1)N2)c1ccccc1F. The van der Waals surface area contributed by atoms with E-state index in [1.165, 1.54) is 75.6 Å². The average molecular weight is 687 g/mol. The zero-order valence-electron chi connectivity index (χ0n) is 28.3. The van der Waals surface area contributed by atoms with Gasteiger partial charge >= 0.3 is 0 Å². The fourth-order valence-corrected chi connectivity index (χ4v) is 8.98. The lowest BCUT2D eigenvalue weighted by Gasteiger charge is -2.36. The number of benzene rings is 2.